The molecule has 0 saturated carbocycles. The van der Waals surface area contributed by atoms with Crippen molar-refractivity contribution in [2.45, 2.75) is 24.4 Å². The number of aromatic nitrogens is 2. The molecule has 2 aromatic heterocycles. The molecule has 0 aromatic carbocycles. The van der Waals surface area contributed by atoms with E-state index in [9.17, 15) is 8.42 Å². The summed E-state index contributed by atoms with van der Waals surface area (Å²) in [6.07, 6.45) is 3.63. The van der Waals surface area contributed by atoms with Crippen LogP contribution in [0.25, 0.3) is 0 Å². The first-order valence-corrected chi connectivity index (χ1v) is 9.07. The molecular formula is C11H15BrN4O2S2. The number of sulfonamides is 1. The van der Waals surface area contributed by atoms with Crippen LogP contribution in [0.2, 0.25) is 0 Å². The molecule has 0 bridgehead atoms. The van der Waals surface area contributed by atoms with E-state index in [4.69, 9.17) is 5.73 Å². The van der Waals surface area contributed by atoms with Gasteiger partial charge in [0.1, 0.15) is 4.90 Å². The topological polar surface area (TPSA) is 90.0 Å². The molecule has 0 atom stereocenters. The fourth-order valence-corrected chi connectivity index (χ4v) is 4.03. The Morgan fingerprint density at radius 2 is 2.25 bits per heavy atom. The Kier molecular flexibility index (Phi) is 5.33. The maximum Gasteiger partial charge on any atom is 0.244 e. The third-order valence-corrected chi connectivity index (χ3v) is 5.56. The van der Waals surface area contributed by atoms with E-state index in [1.807, 2.05) is 12.1 Å². The number of rotatable bonds is 7. The first-order valence-electron chi connectivity index (χ1n) is 5.97. The van der Waals surface area contributed by atoms with Crippen LogP contribution >= 0.6 is 27.3 Å². The van der Waals surface area contributed by atoms with Gasteiger partial charge in [-0.1, -0.05) is 0 Å². The van der Waals surface area contributed by atoms with Crippen LogP contribution in [0.1, 0.15) is 11.3 Å². The van der Waals surface area contributed by atoms with Crippen molar-refractivity contribution >= 4 is 37.3 Å². The smallest absolute Gasteiger partial charge is 0.244 e. The Labute approximate surface area is 130 Å². The minimum Gasteiger partial charge on any atom is -0.330 e. The number of hydrogen-bond donors (Lipinski definition) is 2. The number of nitrogens with one attached hydrogen (secondary N) is 1. The highest BCUT2D eigenvalue weighted by molar-refractivity contribution is 9.11. The number of nitrogens with two attached hydrogens (primary N) is 1. The Hall–Kier alpha value is -0.740. The van der Waals surface area contributed by atoms with E-state index in [2.05, 4.69) is 25.8 Å². The highest BCUT2D eigenvalue weighted by Crippen LogP contribution is 2.22. The molecule has 0 radical (unpaired) electrons. The van der Waals surface area contributed by atoms with Crippen molar-refractivity contribution in [3.63, 3.8) is 0 Å². The summed E-state index contributed by atoms with van der Waals surface area (Å²) in [5.74, 6) is 0. The average molecular weight is 379 g/mol. The summed E-state index contributed by atoms with van der Waals surface area (Å²) in [5.41, 5.74) is 5.41. The van der Waals surface area contributed by atoms with Gasteiger partial charge in [0, 0.05) is 24.2 Å². The molecule has 0 amide bonds. The molecule has 110 valence electrons. The van der Waals surface area contributed by atoms with Crippen LogP contribution in [0.4, 0.5) is 0 Å². The summed E-state index contributed by atoms with van der Waals surface area (Å²) in [7, 11) is -3.53. The van der Waals surface area contributed by atoms with Gasteiger partial charge in [-0.15, -0.1) is 11.3 Å². The monoisotopic (exact) mass is 378 g/mol. The molecule has 2 aromatic rings. The van der Waals surface area contributed by atoms with Gasteiger partial charge in [-0.25, -0.2) is 13.1 Å². The molecule has 0 unspecified atom stereocenters. The standard InChI is InChI=1S/C11H15BrN4O2S2/c12-11-3-2-9(19-11)6-15-20(17,18)10-7-14-16(8-10)5-1-4-13/h2-3,7-8,15H,1,4-6,13H2. The summed E-state index contributed by atoms with van der Waals surface area (Å²) in [4.78, 5) is 1.11. The predicted molar refractivity (Wildman–Crippen MR) is 81.9 cm³/mol. The molecule has 3 N–H and O–H groups in total. The second-order valence-corrected chi connectivity index (χ2v) is 8.43. The zero-order valence-electron chi connectivity index (χ0n) is 10.6. The Morgan fingerprint density at radius 1 is 1.45 bits per heavy atom. The van der Waals surface area contributed by atoms with Gasteiger partial charge in [0.15, 0.2) is 0 Å². The van der Waals surface area contributed by atoms with Crippen molar-refractivity contribution in [3.05, 3.63) is 33.2 Å². The molecule has 6 nitrogen and oxygen atoms in total. The molecule has 9 heteroatoms. The molecule has 2 heterocycles. The van der Waals surface area contributed by atoms with Gasteiger partial charge in [0.2, 0.25) is 10.0 Å². The lowest BCUT2D eigenvalue weighted by atomic mass is 10.4. The van der Waals surface area contributed by atoms with E-state index in [1.54, 1.807) is 4.68 Å². The summed E-state index contributed by atoms with van der Waals surface area (Å²) < 4.78 is 29.3. The Morgan fingerprint density at radius 3 is 2.90 bits per heavy atom. The summed E-state index contributed by atoms with van der Waals surface area (Å²) >= 11 is 4.84. The summed E-state index contributed by atoms with van der Waals surface area (Å²) in [6, 6.07) is 3.76. The first kappa shape index (κ1) is 15.6. The van der Waals surface area contributed by atoms with E-state index in [0.717, 1.165) is 15.1 Å². The van der Waals surface area contributed by atoms with Crippen LogP contribution in [0.15, 0.2) is 33.2 Å². The van der Waals surface area contributed by atoms with Crippen LogP contribution in [0.3, 0.4) is 0 Å². The normalized spacial score (nSPS) is 11.9. The van der Waals surface area contributed by atoms with Crippen LogP contribution in [0, 0.1) is 0 Å². The molecular weight excluding hydrogens is 364 g/mol. The maximum absolute atomic E-state index is 12.1. The fourth-order valence-electron chi connectivity index (χ4n) is 1.56. The first-order chi connectivity index (χ1) is 9.51. The maximum atomic E-state index is 12.1. The third-order valence-electron chi connectivity index (χ3n) is 2.58. The van der Waals surface area contributed by atoms with Gasteiger partial charge in [-0.2, -0.15) is 5.10 Å². The van der Waals surface area contributed by atoms with Crippen molar-refractivity contribution in [1.29, 1.82) is 0 Å². The van der Waals surface area contributed by atoms with Crippen LogP contribution in [-0.2, 0) is 23.1 Å². The van der Waals surface area contributed by atoms with Gasteiger partial charge in [-0.3, -0.25) is 4.68 Å². The van der Waals surface area contributed by atoms with Crippen molar-refractivity contribution in [3.8, 4) is 0 Å². The number of hydrogen-bond acceptors (Lipinski definition) is 5. The lowest BCUT2D eigenvalue weighted by molar-refractivity contribution is 0.576. The number of nitrogens with zero attached hydrogens (tertiary/aromatic N) is 2. The molecule has 0 saturated heterocycles. The molecule has 20 heavy (non-hydrogen) atoms. The molecule has 0 spiro atoms. The summed E-state index contributed by atoms with van der Waals surface area (Å²) in [5, 5.41) is 4.02. The second kappa shape index (κ2) is 6.81. The van der Waals surface area contributed by atoms with Gasteiger partial charge in [-0.05, 0) is 41.0 Å². The van der Waals surface area contributed by atoms with Crippen molar-refractivity contribution < 1.29 is 8.42 Å². The van der Waals surface area contributed by atoms with Crippen LogP contribution in [-0.4, -0.2) is 24.7 Å². The minimum absolute atomic E-state index is 0.171. The molecule has 2 rings (SSSR count). The lowest BCUT2D eigenvalue weighted by Crippen LogP contribution is -2.22. The molecule has 0 aliphatic heterocycles. The number of thiophene rings is 1. The van der Waals surface area contributed by atoms with E-state index in [-0.39, 0.29) is 11.4 Å². The van der Waals surface area contributed by atoms with Gasteiger partial charge in [0.25, 0.3) is 0 Å². The quantitative estimate of drug-likeness (QED) is 0.764. The minimum atomic E-state index is -3.53. The van der Waals surface area contributed by atoms with Crippen molar-refractivity contribution in [2.24, 2.45) is 5.73 Å². The average Bonchev–Trinajstić information content (AvgIpc) is 3.03. The number of halogens is 1. The second-order valence-electron chi connectivity index (χ2n) is 4.11. The predicted octanol–water partition coefficient (Wildman–Crippen LogP) is 1.53. The zero-order chi connectivity index (χ0) is 14.6. The largest absolute Gasteiger partial charge is 0.330 e. The van der Waals surface area contributed by atoms with Crippen LogP contribution < -0.4 is 10.5 Å². The molecule has 0 aliphatic carbocycles. The summed E-state index contributed by atoms with van der Waals surface area (Å²) in [6.45, 7) is 1.43. The van der Waals surface area contributed by atoms with Gasteiger partial charge in [0.05, 0.1) is 9.98 Å². The van der Waals surface area contributed by atoms with E-state index in [0.29, 0.717) is 13.1 Å². The molecule has 0 aliphatic rings. The van der Waals surface area contributed by atoms with E-state index < -0.39 is 10.0 Å². The van der Waals surface area contributed by atoms with Crippen LogP contribution in [0.5, 0.6) is 0 Å². The van der Waals surface area contributed by atoms with E-state index >= 15 is 0 Å². The van der Waals surface area contributed by atoms with Gasteiger partial charge < -0.3 is 5.73 Å². The highest BCUT2D eigenvalue weighted by Gasteiger charge is 2.16. The zero-order valence-corrected chi connectivity index (χ0v) is 13.8. The fraction of sp³-hybridized carbons (Fsp3) is 0.364. The Balaban J connectivity index is 2.00. The SMILES string of the molecule is NCCCn1cc(S(=O)(=O)NCc2ccc(Br)s2)cn1. The van der Waals surface area contributed by atoms with Crippen molar-refractivity contribution in [1.82, 2.24) is 14.5 Å². The van der Waals surface area contributed by atoms with Crippen molar-refractivity contribution in [2.75, 3.05) is 6.54 Å². The lowest BCUT2D eigenvalue weighted by Gasteiger charge is -2.02. The number of aryl methyl sites for hydroxylation is 1. The highest BCUT2D eigenvalue weighted by atomic mass is 79.9. The Bertz CT molecular complexity index is 666. The van der Waals surface area contributed by atoms with E-state index in [1.165, 1.54) is 23.7 Å². The molecule has 0 fully saturated rings. The van der Waals surface area contributed by atoms with Gasteiger partial charge >= 0.3 is 0 Å². The third kappa shape index (κ3) is 4.13.